The monoisotopic (exact) mass is 243 g/mol. The van der Waals surface area contributed by atoms with Gasteiger partial charge in [-0.25, -0.2) is 5.48 Å². The Morgan fingerprint density at radius 2 is 1.12 bits per heavy atom. The van der Waals surface area contributed by atoms with Crippen LogP contribution < -0.4 is 5.48 Å². The Balaban J connectivity index is 3.30. The Labute approximate surface area is 108 Å². The van der Waals surface area contributed by atoms with Crippen molar-refractivity contribution >= 4 is 0 Å². The maximum absolute atomic E-state index is 9.08. The molecule has 0 bridgehead atoms. The topological polar surface area (TPSA) is 32.3 Å². The predicted octanol–water partition coefficient (Wildman–Crippen LogP) is 5.05. The summed E-state index contributed by atoms with van der Waals surface area (Å²) in [5, 5.41) is 9.08. The Kier molecular flexibility index (Phi) is 13.9. The highest BCUT2D eigenvalue weighted by Crippen LogP contribution is 2.13. The van der Waals surface area contributed by atoms with Crippen LogP contribution in [-0.4, -0.2) is 11.2 Å². The van der Waals surface area contributed by atoms with Gasteiger partial charge in [-0.1, -0.05) is 78.1 Å². The van der Waals surface area contributed by atoms with Crippen LogP contribution in [0.4, 0.5) is 0 Å². The molecule has 0 atom stereocenters. The van der Waals surface area contributed by atoms with Gasteiger partial charge in [0.15, 0.2) is 0 Å². The number of nitrogens with one attached hydrogen (secondary N) is 1. The van der Waals surface area contributed by atoms with Crippen molar-refractivity contribution < 1.29 is 5.21 Å². The van der Waals surface area contributed by atoms with E-state index in [-0.39, 0.29) is 0 Å². The molecule has 0 aromatic rings. The Morgan fingerprint density at radius 3 is 1.47 bits per heavy atom. The Morgan fingerprint density at radius 1 is 0.706 bits per heavy atom. The number of unbranched alkanes of at least 4 members (excludes halogenated alkanes) is 8. The van der Waals surface area contributed by atoms with Crippen LogP contribution in [0.3, 0.4) is 0 Å². The largest absolute Gasteiger partial charge is 0.317 e. The fraction of sp³-hybridized carbons (Fsp3) is 1.00. The van der Waals surface area contributed by atoms with E-state index in [1.165, 1.54) is 64.2 Å². The molecule has 0 heterocycles. The molecule has 2 nitrogen and oxygen atoms in total. The second-order valence-electron chi connectivity index (χ2n) is 5.23. The highest BCUT2D eigenvalue weighted by atomic mass is 16.5. The molecule has 0 amide bonds. The lowest BCUT2D eigenvalue weighted by atomic mass is 10.0. The van der Waals surface area contributed by atoms with Crippen molar-refractivity contribution in [1.29, 1.82) is 0 Å². The minimum Gasteiger partial charge on any atom is -0.317 e. The standard InChI is InChI=1S/C15H33NO/c1-3-5-7-9-11-13-15(16-17)14-12-10-8-6-4-2/h15-17H,3-14H2,1-2H3. The average molecular weight is 243 g/mol. The fourth-order valence-corrected chi connectivity index (χ4v) is 2.26. The second-order valence-corrected chi connectivity index (χ2v) is 5.23. The summed E-state index contributed by atoms with van der Waals surface area (Å²) in [6, 6.07) is 0.332. The summed E-state index contributed by atoms with van der Waals surface area (Å²) < 4.78 is 0. The average Bonchev–Trinajstić information content (AvgIpc) is 2.36. The first-order valence-electron chi connectivity index (χ1n) is 7.74. The minimum atomic E-state index is 0.332. The zero-order valence-corrected chi connectivity index (χ0v) is 12.0. The summed E-state index contributed by atoms with van der Waals surface area (Å²) in [6.45, 7) is 4.49. The van der Waals surface area contributed by atoms with Gasteiger partial charge in [0.25, 0.3) is 0 Å². The van der Waals surface area contributed by atoms with Gasteiger partial charge >= 0.3 is 0 Å². The summed E-state index contributed by atoms with van der Waals surface area (Å²) in [6.07, 6.45) is 15.4. The quantitative estimate of drug-likeness (QED) is 0.350. The molecule has 0 aliphatic heterocycles. The highest BCUT2D eigenvalue weighted by Gasteiger charge is 2.06. The van der Waals surface area contributed by atoms with Gasteiger partial charge in [0, 0.05) is 6.04 Å². The zero-order valence-electron chi connectivity index (χ0n) is 12.0. The number of rotatable bonds is 13. The van der Waals surface area contributed by atoms with Crippen molar-refractivity contribution in [3.8, 4) is 0 Å². The molecule has 2 N–H and O–H groups in total. The van der Waals surface area contributed by atoms with E-state index in [9.17, 15) is 0 Å². The van der Waals surface area contributed by atoms with Gasteiger partial charge in [0.1, 0.15) is 0 Å². The third-order valence-corrected chi connectivity index (χ3v) is 3.49. The first-order valence-corrected chi connectivity index (χ1v) is 7.74. The highest BCUT2D eigenvalue weighted by molar-refractivity contribution is 4.62. The molecule has 0 aromatic heterocycles. The van der Waals surface area contributed by atoms with Crippen LogP contribution in [0.2, 0.25) is 0 Å². The van der Waals surface area contributed by atoms with Gasteiger partial charge in [-0.2, -0.15) is 0 Å². The van der Waals surface area contributed by atoms with E-state index in [1.54, 1.807) is 0 Å². The van der Waals surface area contributed by atoms with Crippen LogP contribution in [0.1, 0.15) is 90.9 Å². The van der Waals surface area contributed by atoms with Crippen molar-refractivity contribution in [3.63, 3.8) is 0 Å². The fourth-order valence-electron chi connectivity index (χ4n) is 2.26. The lowest BCUT2D eigenvalue weighted by Gasteiger charge is -2.14. The summed E-state index contributed by atoms with van der Waals surface area (Å²) in [7, 11) is 0. The number of hydrogen-bond acceptors (Lipinski definition) is 2. The lowest BCUT2D eigenvalue weighted by Crippen LogP contribution is -2.25. The third-order valence-electron chi connectivity index (χ3n) is 3.49. The molecule has 0 spiro atoms. The van der Waals surface area contributed by atoms with Crippen molar-refractivity contribution in [3.05, 3.63) is 0 Å². The van der Waals surface area contributed by atoms with Crippen molar-refractivity contribution in [2.45, 2.75) is 96.9 Å². The second kappa shape index (κ2) is 14.0. The molecule has 0 radical (unpaired) electrons. The predicted molar refractivity (Wildman–Crippen MR) is 75.5 cm³/mol. The molecule has 2 heteroatoms. The van der Waals surface area contributed by atoms with Gasteiger partial charge in [0.05, 0.1) is 0 Å². The summed E-state index contributed by atoms with van der Waals surface area (Å²) in [5.41, 5.74) is 2.48. The van der Waals surface area contributed by atoms with E-state index in [2.05, 4.69) is 19.3 Å². The molecule has 0 saturated carbocycles. The van der Waals surface area contributed by atoms with Crippen molar-refractivity contribution in [2.75, 3.05) is 0 Å². The van der Waals surface area contributed by atoms with Crippen LogP contribution in [0.5, 0.6) is 0 Å². The molecule has 0 aliphatic carbocycles. The maximum Gasteiger partial charge on any atom is 0.0319 e. The van der Waals surface area contributed by atoms with E-state index >= 15 is 0 Å². The smallest absolute Gasteiger partial charge is 0.0319 e. The van der Waals surface area contributed by atoms with E-state index < -0.39 is 0 Å². The molecule has 0 aromatic carbocycles. The molecular weight excluding hydrogens is 210 g/mol. The van der Waals surface area contributed by atoms with Gasteiger partial charge in [-0.15, -0.1) is 0 Å². The van der Waals surface area contributed by atoms with Crippen LogP contribution in [0.25, 0.3) is 0 Å². The van der Waals surface area contributed by atoms with E-state index in [0.29, 0.717) is 6.04 Å². The molecule has 0 fully saturated rings. The van der Waals surface area contributed by atoms with Gasteiger partial charge in [-0.05, 0) is 12.8 Å². The first-order chi connectivity index (χ1) is 8.35. The molecule has 0 unspecified atom stereocenters. The number of hydroxylamine groups is 1. The summed E-state index contributed by atoms with van der Waals surface area (Å²) >= 11 is 0. The van der Waals surface area contributed by atoms with Crippen molar-refractivity contribution in [1.82, 2.24) is 5.48 Å². The van der Waals surface area contributed by atoms with E-state index in [0.717, 1.165) is 12.8 Å². The van der Waals surface area contributed by atoms with Gasteiger partial charge in [0.2, 0.25) is 0 Å². The van der Waals surface area contributed by atoms with Crippen LogP contribution in [0, 0.1) is 0 Å². The lowest BCUT2D eigenvalue weighted by molar-refractivity contribution is 0.114. The summed E-state index contributed by atoms with van der Waals surface area (Å²) in [5.74, 6) is 0. The van der Waals surface area contributed by atoms with Gasteiger partial charge < -0.3 is 5.21 Å². The third kappa shape index (κ3) is 12.2. The molecule has 104 valence electrons. The Hall–Kier alpha value is -0.0800. The Bertz CT molecular complexity index is 125. The van der Waals surface area contributed by atoms with Crippen LogP contribution >= 0.6 is 0 Å². The molecule has 0 saturated heterocycles. The number of hydrogen-bond donors (Lipinski definition) is 2. The maximum atomic E-state index is 9.08. The molecule has 0 rings (SSSR count). The first kappa shape index (κ1) is 16.9. The zero-order chi connectivity index (χ0) is 12.8. The van der Waals surface area contributed by atoms with Crippen LogP contribution in [0.15, 0.2) is 0 Å². The van der Waals surface area contributed by atoms with Crippen molar-refractivity contribution in [2.24, 2.45) is 0 Å². The van der Waals surface area contributed by atoms with E-state index in [1.807, 2.05) is 0 Å². The van der Waals surface area contributed by atoms with Crippen LogP contribution in [-0.2, 0) is 0 Å². The molecular formula is C15H33NO. The molecule has 17 heavy (non-hydrogen) atoms. The molecule has 0 aliphatic rings. The minimum absolute atomic E-state index is 0.332. The summed E-state index contributed by atoms with van der Waals surface area (Å²) in [4.78, 5) is 0. The normalized spacial score (nSPS) is 11.3. The van der Waals surface area contributed by atoms with Gasteiger partial charge in [-0.3, -0.25) is 0 Å². The van der Waals surface area contributed by atoms with E-state index in [4.69, 9.17) is 5.21 Å². The SMILES string of the molecule is CCCCCCCC(CCCCCCC)NO.